The Kier molecular flexibility index (Phi) is 5.54. The number of furan rings is 1. The Morgan fingerprint density at radius 1 is 1.24 bits per heavy atom. The van der Waals surface area contributed by atoms with Crippen LogP contribution >= 0.6 is 11.6 Å². The number of benzene rings is 1. The van der Waals surface area contributed by atoms with Crippen molar-refractivity contribution in [2.24, 2.45) is 0 Å². The second kappa shape index (κ2) is 7.28. The Balaban J connectivity index is 2.08. The monoisotopic (exact) mass is 385 g/mol. The number of rotatable bonds is 6. The smallest absolute Gasteiger partial charge is 0.339 e. The maximum atomic E-state index is 12.3. The van der Waals surface area contributed by atoms with E-state index >= 15 is 0 Å². The van der Waals surface area contributed by atoms with Crippen molar-refractivity contribution < 1.29 is 27.5 Å². The average Bonchev–Trinajstić information content (AvgIpc) is 2.88. The number of halogens is 1. The van der Waals surface area contributed by atoms with Gasteiger partial charge in [-0.3, -0.25) is 4.79 Å². The minimum absolute atomic E-state index is 0.000608. The van der Waals surface area contributed by atoms with E-state index in [4.69, 9.17) is 21.1 Å². The highest BCUT2D eigenvalue weighted by molar-refractivity contribution is 7.92. The first kappa shape index (κ1) is 19.0. The highest BCUT2D eigenvalue weighted by atomic mass is 35.5. The zero-order valence-electron chi connectivity index (χ0n) is 13.5. The van der Waals surface area contributed by atoms with Crippen LogP contribution in [0.5, 0.6) is 0 Å². The molecule has 1 heterocycles. The number of hydrogen-bond acceptors (Lipinski definition) is 5. The Hall–Kier alpha value is -2.32. The van der Waals surface area contributed by atoms with Gasteiger partial charge in [0.15, 0.2) is 9.84 Å². The molecule has 2 rings (SSSR count). The standard InChI is InChI=1S/C16H16ClNO6S/c1-10-14(16(20)21)7-12(24-10)8-18(2)15(19)9-25(22,23)13-5-3-11(17)4-6-13/h3-7H,8-9H2,1-2H3,(H,20,21). The van der Waals surface area contributed by atoms with Crippen molar-refractivity contribution in [2.75, 3.05) is 12.8 Å². The summed E-state index contributed by atoms with van der Waals surface area (Å²) in [7, 11) is -2.39. The lowest BCUT2D eigenvalue weighted by Crippen LogP contribution is -2.32. The largest absolute Gasteiger partial charge is 0.478 e. The lowest BCUT2D eigenvalue weighted by molar-refractivity contribution is -0.127. The van der Waals surface area contributed by atoms with Gasteiger partial charge in [0, 0.05) is 12.1 Å². The molecule has 0 bridgehead atoms. The molecule has 1 amide bonds. The molecule has 1 N–H and O–H groups in total. The molecule has 0 spiro atoms. The molecule has 0 aliphatic rings. The lowest BCUT2D eigenvalue weighted by Gasteiger charge is -2.15. The third kappa shape index (κ3) is 4.61. The summed E-state index contributed by atoms with van der Waals surface area (Å²) in [5.74, 6) is -2.00. The quantitative estimate of drug-likeness (QED) is 0.818. The fourth-order valence-electron chi connectivity index (χ4n) is 2.15. The van der Waals surface area contributed by atoms with Crippen LogP contribution in [0.1, 0.15) is 21.9 Å². The zero-order chi connectivity index (χ0) is 18.8. The van der Waals surface area contributed by atoms with Crippen LogP contribution in [-0.4, -0.2) is 43.1 Å². The molecule has 1 aromatic carbocycles. The Bertz CT molecular complexity index is 901. The second-order valence-electron chi connectivity index (χ2n) is 5.45. The number of amides is 1. The van der Waals surface area contributed by atoms with Gasteiger partial charge < -0.3 is 14.4 Å². The number of hydrogen-bond donors (Lipinski definition) is 1. The summed E-state index contributed by atoms with van der Waals surface area (Å²) in [6.07, 6.45) is 0. The van der Waals surface area contributed by atoms with Crippen molar-refractivity contribution in [3.8, 4) is 0 Å². The summed E-state index contributed by atoms with van der Waals surface area (Å²) in [6, 6.07) is 6.85. The SMILES string of the molecule is Cc1oc(CN(C)C(=O)CS(=O)(=O)c2ccc(Cl)cc2)cc1C(=O)O. The van der Waals surface area contributed by atoms with E-state index in [-0.39, 0.29) is 28.5 Å². The summed E-state index contributed by atoms with van der Waals surface area (Å²) in [6.45, 7) is 1.46. The van der Waals surface area contributed by atoms with Crippen molar-refractivity contribution >= 4 is 33.3 Å². The van der Waals surface area contributed by atoms with Gasteiger partial charge in [-0.1, -0.05) is 11.6 Å². The van der Waals surface area contributed by atoms with E-state index in [0.29, 0.717) is 5.02 Å². The van der Waals surface area contributed by atoms with Crippen LogP contribution < -0.4 is 0 Å². The number of carbonyl (C=O) groups excluding carboxylic acids is 1. The summed E-state index contributed by atoms with van der Waals surface area (Å²) >= 11 is 5.72. The Morgan fingerprint density at radius 3 is 2.36 bits per heavy atom. The van der Waals surface area contributed by atoms with E-state index in [9.17, 15) is 18.0 Å². The predicted octanol–water partition coefficient (Wildman–Crippen LogP) is 2.37. The van der Waals surface area contributed by atoms with Crippen LogP contribution in [0.2, 0.25) is 5.02 Å². The maximum absolute atomic E-state index is 12.3. The van der Waals surface area contributed by atoms with Gasteiger partial charge in [0.05, 0.1) is 11.4 Å². The van der Waals surface area contributed by atoms with E-state index in [1.54, 1.807) is 0 Å². The van der Waals surface area contributed by atoms with E-state index in [1.807, 2.05) is 0 Å². The molecule has 134 valence electrons. The second-order valence-corrected chi connectivity index (χ2v) is 7.88. The maximum Gasteiger partial charge on any atom is 0.339 e. The van der Waals surface area contributed by atoms with Gasteiger partial charge in [0.2, 0.25) is 5.91 Å². The molecule has 2 aromatic rings. The fraction of sp³-hybridized carbons (Fsp3) is 0.250. The van der Waals surface area contributed by atoms with E-state index < -0.39 is 27.5 Å². The predicted molar refractivity (Wildman–Crippen MR) is 90.4 cm³/mol. The number of nitrogens with zero attached hydrogens (tertiary/aromatic N) is 1. The van der Waals surface area contributed by atoms with Gasteiger partial charge >= 0.3 is 5.97 Å². The molecule has 25 heavy (non-hydrogen) atoms. The molecule has 0 atom stereocenters. The van der Waals surface area contributed by atoms with Crippen molar-refractivity contribution in [1.82, 2.24) is 4.90 Å². The topological polar surface area (TPSA) is 105 Å². The van der Waals surface area contributed by atoms with E-state index in [1.165, 1.54) is 44.3 Å². The average molecular weight is 386 g/mol. The van der Waals surface area contributed by atoms with Crippen LogP contribution in [0.25, 0.3) is 0 Å². The number of carboxylic acid groups (broad SMARTS) is 1. The Labute approximate surface area is 149 Å². The molecule has 0 aliphatic heterocycles. The molecule has 7 nitrogen and oxygen atoms in total. The highest BCUT2D eigenvalue weighted by Crippen LogP contribution is 2.18. The first-order valence-corrected chi connectivity index (χ1v) is 9.18. The molecule has 0 saturated carbocycles. The number of carbonyl (C=O) groups is 2. The van der Waals surface area contributed by atoms with E-state index in [2.05, 4.69) is 0 Å². The van der Waals surface area contributed by atoms with Gasteiger partial charge in [-0.25, -0.2) is 13.2 Å². The van der Waals surface area contributed by atoms with E-state index in [0.717, 1.165) is 4.90 Å². The molecule has 0 radical (unpaired) electrons. The Morgan fingerprint density at radius 2 is 1.84 bits per heavy atom. The molecular formula is C16H16ClNO6S. The first-order valence-electron chi connectivity index (χ1n) is 7.15. The normalized spacial score (nSPS) is 11.3. The summed E-state index contributed by atoms with van der Waals surface area (Å²) < 4.78 is 29.8. The molecule has 0 fully saturated rings. The van der Waals surface area contributed by atoms with Crippen molar-refractivity contribution in [3.63, 3.8) is 0 Å². The van der Waals surface area contributed by atoms with Crippen molar-refractivity contribution in [1.29, 1.82) is 0 Å². The van der Waals surface area contributed by atoms with Crippen LogP contribution in [0, 0.1) is 6.92 Å². The molecule has 1 aromatic heterocycles. The number of aryl methyl sites for hydroxylation is 1. The number of sulfone groups is 1. The van der Waals surface area contributed by atoms with Crippen LogP contribution in [0.15, 0.2) is 39.6 Å². The van der Waals surface area contributed by atoms with Gasteiger partial charge in [0.25, 0.3) is 0 Å². The summed E-state index contributed by atoms with van der Waals surface area (Å²) in [5.41, 5.74) is 0.00429. The summed E-state index contributed by atoms with van der Waals surface area (Å²) in [4.78, 5) is 24.4. The molecule has 0 aliphatic carbocycles. The van der Waals surface area contributed by atoms with Gasteiger partial charge in [-0.05, 0) is 37.3 Å². The van der Waals surface area contributed by atoms with Crippen molar-refractivity contribution in [3.05, 3.63) is 52.4 Å². The van der Waals surface area contributed by atoms with Crippen LogP contribution in [-0.2, 0) is 21.2 Å². The fourth-order valence-corrected chi connectivity index (χ4v) is 3.54. The van der Waals surface area contributed by atoms with Gasteiger partial charge in [-0.15, -0.1) is 0 Å². The third-order valence-corrected chi connectivity index (χ3v) is 5.37. The molecule has 0 saturated heterocycles. The lowest BCUT2D eigenvalue weighted by atomic mass is 10.2. The first-order chi connectivity index (χ1) is 11.6. The highest BCUT2D eigenvalue weighted by Gasteiger charge is 2.23. The van der Waals surface area contributed by atoms with Gasteiger partial charge in [-0.2, -0.15) is 0 Å². The number of carboxylic acids is 1. The van der Waals surface area contributed by atoms with Crippen LogP contribution in [0.3, 0.4) is 0 Å². The van der Waals surface area contributed by atoms with Gasteiger partial charge in [0.1, 0.15) is 22.8 Å². The molecule has 0 unspecified atom stereocenters. The molecular weight excluding hydrogens is 370 g/mol. The zero-order valence-corrected chi connectivity index (χ0v) is 15.1. The third-order valence-electron chi connectivity index (χ3n) is 3.50. The number of aromatic carboxylic acids is 1. The molecule has 9 heteroatoms. The van der Waals surface area contributed by atoms with Crippen LogP contribution in [0.4, 0.5) is 0 Å². The minimum Gasteiger partial charge on any atom is -0.478 e. The summed E-state index contributed by atoms with van der Waals surface area (Å²) in [5, 5.41) is 9.38. The minimum atomic E-state index is -3.80. The van der Waals surface area contributed by atoms with Crippen molar-refractivity contribution in [2.45, 2.75) is 18.4 Å².